The number of piperidine rings is 1. The fourth-order valence-corrected chi connectivity index (χ4v) is 6.86. The van der Waals surface area contributed by atoms with Gasteiger partial charge in [0.25, 0.3) is 0 Å². The maximum Gasteiger partial charge on any atom is 0.214 e. The van der Waals surface area contributed by atoms with E-state index in [0.29, 0.717) is 42.7 Å². The minimum atomic E-state index is -3.20. The van der Waals surface area contributed by atoms with Crippen molar-refractivity contribution in [2.75, 3.05) is 29.9 Å². The zero-order valence-electron chi connectivity index (χ0n) is 21.4. The second-order valence-electron chi connectivity index (χ2n) is 9.71. The molecular formula is C27H33N7O2S2. The Morgan fingerprint density at radius 3 is 2.68 bits per heavy atom. The lowest BCUT2D eigenvalue weighted by Gasteiger charge is -2.32. The van der Waals surface area contributed by atoms with E-state index in [2.05, 4.69) is 50.3 Å². The van der Waals surface area contributed by atoms with Crippen LogP contribution in [0.15, 0.2) is 55.0 Å². The maximum atomic E-state index is 12.6. The number of imidazole rings is 1. The zero-order chi connectivity index (χ0) is 26.9. The van der Waals surface area contributed by atoms with Gasteiger partial charge < -0.3 is 26.3 Å². The number of H-pyrrole nitrogens is 1. The number of nitrogen functional groups attached to an aromatic ring is 1. The molecule has 1 fully saturated rings. The summed E-state index contributed by atoms with van der Waals surface area (Å²) in [6, 6.07) is 14.6. The normalized spacial score (nSPS) is 15.2. The first-order valence-corrected chi connectivity index (χ1v) is 14.8. The summed E-state index contributed by atoms with van der Waals surface area (Å²) in [5, 5.41) is 4.41. The maximum absolute atomic E-state index is 12.6. The van der Waals surface area contributed by atoms with Crippen molar-refractivity contribution in [3.8, 4) is 11.1 Å². The van der Waals surface area contributed by atoms with Crippen LogP contribution in [0.5, 0.6) is 0 Å². The van der Waals surface area contributed by atoms with E-state index >= 15 is 0 Å². The molecule has 0 aliphatic carbocycles. The first-order valence-electron chi connectivity index (χ1n) is 12.8. The van der Waals surface area contributed by atoms with E-state index in [1.165, 1.54) is 0 Å². The molecule has 0 atom stereocenters. The van der Waals surface area contributed by atoms with Crippen LogP contribution in [0.4, 0.5) is 11.6 Å². The zero-order valence-corrected chi connectivity index (χ0v) is 23.0. The first kappa shape index (κ1) is 26.2. The first-order chi connectivity index (χ1) is 18.3. The Morgan fingerprint density at radius 2 is 2.00 bits per heavy atom. The Bertz CT molecular complexity index is 1570. The van der Waals surface area contributed by atoms with Gasteiger partial charge in [-0.2, -0.15) is 0 Å². The van der Waals surface area contributed by atoms with Crippen LogP contribution in [-0.4, -0.2) is 51.1 Å². The molecule has 1 aliphatic rings. The van der Waals surface area contributed by atoms with Crippen LogP contribution < -0.4 is 16.8 Å². The topological polar surface area (TPSA) is 135 Å². The Morgan fingerprint density at radius 1 is 1.21 bits per heavy atom. The van der Waals surface area contributed by atoms with E-state index < -0.39 is 10.0 Å². The predicted octanol–water partition coefficient (Wildman–Crippen LogP) is 4.24. The third-order valence-corrected chi connectivity index (χ3v) is 9.47. The van der Waals surface area contributed by atoms with Crippen LogP contribution in [0.2, 0.25) is 0 Å². The van der Waals surface area contributed by atoms with Crippen LogP contribution in [0, 0.1) is 0 Å². The Labute approximate surface area is 228 Å². The number of sulfonamides is 1. The molecule has 2 aromatic heterocycles. The number of nitrogens with two attached hydrogens (primary N) is 2. The molecule has 200 valence electrons. The average molecular weight is 552 g/mol. The monoisotopic (exact) mass is 551 g/mol. The molecular weight excluding hydrogens is 518 g/mol. The highest BCUT2D eigenvalue weighted by Gasteiger charge is 2.29. The SMILES string of the molecule is CCCS(=O)(=O)N1CCC(n2cc(-c3cccc(C(N)=S)c3)c3ccc(CNc4nc[nH]c4N)cc32)CC1. The van der Waals surface area contributed by atoms with Gasteiger partial charge in [0.15, 0.2) is 5.82 Å². The molecule has 0 radical (unpaired) electrons. The highest BCUT2D eigenvalue weighted by atomic mass is 32.2. The molecule has 3 heterocycles. The van der Waals surface area contributed by atoms with E-state index in [0.717, 1.165) is 46.0 Å². The molecule has 0 unspecified atom stereocenters. The number of aromatic amines is 1. The smallest absolute Gasteiger partial charge is 0.214 e. The predicted molar refractivity (Wildman–Crippen MR) is 158 cm³/mol. The molecule has 0 saturated carbocycles. The molecule has 5 rings (SSSR count). The van der Waals surface area contributed by atoms with Crippen LogP contribution in [0.25, 0.3) is 22.0 Å². The number of anilines is 2. The second kappa shape index (κ2) is 10.8. The summed E-state index contributed by atoms with van der Waals surface area (Å²) in [5.41, 5.74) is 17.0. The number of hydrogen-bond acceptors (Lipinski definition) is 6. The van der Waals surface area contributed by atoms with E-state index in [9.17, 15) is 8.42 Å². The standard InChI is InChI=1S/C27H33N7O2S2/c1-2-12-38(35,36)33-10-8-21(9-11-33)34-16-23(19-4-3-5-20(14-19)26(29)37)22-7-6-18(13-24(22)34)15-30-27-25(28)31-17-32-27/h3-7,13-14,16-17,21,30H,2,8-12,15,28H2,1H3,(H2,29,37)(H,31,32). The molecule has 11 heteroatoms. The van der Waals surface area contributed by atoms with Crippen molar-refractivity contribution in [1.82, 2.24) is 18.8 Å². The number of aromatic nitrogens is 3. The van der Waals surface area contributed by atoms with Gasteiger partial charge in [0, 0.05) is 53.9 Å². The lowest BCUT2D eigenvalue weighted by Crippen LogP contribution is -2.40. The van der Waals surface area contributed by atoms with Gasteiger partial charge in [0.05, 0.1) is 12.1 Å². The van der Waals surface area contributed by atoms with Crippen molar-refractivity contribution < 1.29 is 8.42 Å². The molecule has 6 N–H and O–H groups in total. The summed E-state index contributed by atoms with van der Waals surface area (Å²) in [4.78, 5) is 7.46. The molecule has 0 amide bonds. The highest BCUT2D eigenvalue weighted by Crippen LogP contribution is 2.37. The molecule has 0 spiro atoms. The minimum absolute atomic E-state index is 0.184. The van der Waals surface area contributed by atoms with Crippen LogP contribution in [0.1, 0.15) is 43.4 Å². The largest absolute Gasteiger partial charge is 0.389 e. The molecule has 0 bridgehead atoms. The Balaban J connectivity index is 1.50. The number of rotatable bonds is 9. The lowest BCUT2D eigenvalue weighted by atomic mass is 10.0. The van der Waals surface area contributed by atoms with Crippen LogP contribution in [-0.2, 0) is 16.6 Å². The number of hydrogen-bond donors (Lipinski definition) is 4. The summed E-state index contributed by atoms with van der Waals surface area (Å²) in [5.74, 6) is 1.32. The molecule has 9 nitrogen and oxygen atoms in total. The van der Waals surface area contributed by atoms with Crippen LogP contribution >= 0.6 is 12.2 Å². The number of benzene rings is 2. The highest BCUT2D eigenvalue weighted by molar-refractivity contribution is 7.89. The Kier molecular flexibility index (Phi) is 7.42. The van der Waals surface area contributed by atoms with Crippen molar-refractivity contribution in [3.05, 3.63) is 66.1 Å². The van der Waals surface area contributed by atoms with Crippen molar-refractivity contribution >= 4 is 49.8 Å². The molecule has 38 heavy (non-hydrogen) atoms. The third-order valence-electron chi connectivity index (χ3n) is 7.16. The number of nitrogens with zero attached hydrogens (tertiary/aromatic N) is 3. The summed E-state index contributed by atoms with van der Waals surface area (Å²) < 4.78 is 29.2. The van der Waals surface area contributed by atoms with Crippen LogP contribution in [0.3, 0.4) is 0 Å². The van der Waals surface area contributed by atoms with Gasteiger partial charge in [-0.25, -0.2) is 17.7 Å². The van der Waals surface area contributed by atoms with Crippen molar-refractivity contribution in [3.63, 3.8) is 0 Å². The molecule has 4 aromatic rings. The fourth-order valence-electron chi connectivity index (χ4n) is 5.20. The van der Waals surface area contributed by atoms with Gasteiger partial charge in [0.1, 0.15) is 10.8 Å². The Hall–Kier alpha value is -3.41. The second-order valence-corrected chi connectivity index (χ2v) is 12.2. The van der Waals surface area contributed by atoms with Gasteiger partial charge in [-0.05, 0) is 42.5 Å². The lowest BCUT2D eigenvalue weighted by molar-refractivity contribution is 0.278. The van der Waals surface area contributed by atoms with Gasteiger partial charge >= 0.3 is 0 Å². The third kappa shape index (κ3) is 5.27. The molecule has 1 aliphatic heterocycles. The molecule has 1 saturated heterocycles. The minimum Gasteiger partial charge on any atom is -0.389 e. The average Bonchev–Trinajstić information content (AvgIpc) is 3.50. The van der Waals surface area contributed by atoms with Gasteiger partial charge in [-0.1, -0.05) is 49.5 Å². The van der Waals surface area contributed by atoms with Crippen molar-refractivity contribution in [1.29, 1.82) is 0 Å². The fraction of sp³-hybridized carbons (Fsp3) is 0.333. The number of fused-ring (bicyclic) bond motifs is 1. The van der Waals surface area contributed by atoms with Gasteiger partial charge in [-0.15, -0.1) is 0 Å². The van der Waals surface area contributed by atoms with E-state index in [-0.39, 0.29) is 11.8 Å². The molecule has 2 aromatic carbocycles. The summed E-state index contributed by atoms with van der Waals surface area (Å²) in [6.45, 7) is 3.52. The number of thiocarbonyl (C=S) groups is 1. The van der Waals surface area contributed by atoms with E-state index in [1.807, 2.05) is 25.1 Å². The van der Waals surface area contributed by atoms with Crippen molar-refractivity contribution in [2.45, 2.75) is 38.8 Å². The van der Waals surface area contributed by atoms with E-state index in [4.69, 9.17) is 23.7 Å². The summed E-state index contributed by atoms with van der Waals surface area (Å²) in [7, 11) is -3.20. The van der Waals surface area contributed by atoms with E-state index in [1.54, 1.807) is 10.6 Å². The van der Waals surface area contributed by atoms with Gasteiger partial charge in [0.2, 0.25) is 10.0 Å². The quantitative estimate of drug-likeness (QED) is 0.229. The summed E-state index contributed by atoms with van der Waals surface area (Å²) >= 11 is 5.22. The number of nitrogens with one attached hydrogen (secondary N) is 2. The van der Waals surface area contributed by atoms with Gasteiger partial charge in [-0.3, -0.25) is 0 Å². The summed E-state index contributed by atoms with van der Waals surface area (Å²) in [6.07, 6.45) is 5.89. The van der Waals surface area contributed by atoms with Crippen molar-refractivity contribution in [2.24, 2.45) is 5.73 Å².